The maximum absolute atomic E-state index is 4.74. The number of anilines is 1. The molecule has 3 aromatic heterocycles. The summed E-state index contributed by atoms with van der Waals surface area (Å²) in [6.45, 7) is 4.50. The number of hydrogen-bond acceptors (Lipinski definition) is 6. The Morgan fingerprint density at radius 3 is 2.78 bits per heavy atom. The van der Waals surface area contributed by atoms with Crippen LogP contribution in [0.1, 0.15) is 19.8 Å². The molecule has 1 aliphatic rings. The van der Waals surface area contributed by atoms with Crippen molar-refractivity contribution in [3.8, 4) is 17.2 Å². The van der Waals surface area contributed by atoms with Gasteiger partial charge in [0, 0.05) is 37.8 Å². The van der Waals surface area contributed by atoms with Crippen molar-refractivity contribution in [3.63, 3.8) is 0 Å². The van der Waals surface area contributed by atoms with E-state index in [9.17, 15) is 0 Å². The van der Waals surface area contributed by atoms with Gasteiger partial charge in [-0.15, -0.1) is 16.4 Å². The summed E-state index contributed by atoms with van der Waals surface area (Å²) in [6, 6.07) is 1.90. The Morgan fingerprint density at radius 2 is 2.04 bits per heavy atom. The van der Waals surface area contributed by atoms with Crippen LogP contribution in [0, 0.1) is 5.92 Å². The van der Waals surface area contributed by atoms with Crippen molar-refractivity contribution in [3.05, 3.63) is 23.8 Å². The van der Waals surface area contributed by atoms with Gasteiger partial charge in [0.15, 0.2) is 10.9 Å². The Morgan fingerprint density at radius 1 is 1.22 bits per heavy atom. The van der Waals surface area contributed by atoms with Crippen LogP contribution in [-0.4, -0.2) is 42.8 Å². The molecule has 4 rings (SSSR count). The standard InChI is InChI=1S/C15H19N7S/c1-11-3-7-21(8-4-11)15-16-13(10-23-15)12-9-22(19-17-12)14-5-6-20(2)18-14/h5-6,9-11H,3-4,7-8H2,1-2H3. The topological polar surface area (TPSA) is 64.7 Å². The molecule has 0 aromatic carbocycles. The van der Waals surface area contributed by atoms with E-state index in [0.717, 1.165) is 41.3 Å². The third-order valence-corrected chi connectivity index (χ3v) is 5.14. The van der Waals surface area contributed by atoms with Gasteiger partial charge in [-0.25, -0.2) is 4.98 Å². The lowest BCUT2D eigenvalue weighted by Gasteiger charge is -2.29. The molecular weight excluding hydrogens is 310 g/mol. The zero-order chi connectivity index (χ0) is 15.8. The summed E-state index contributed by atoms with van der Waals surface area (Å²) in [5.74, 6) is 1.58. The fourth-order valence-electron chi connectivity index (χ4n) is 2.75. The monoisotopic (exact) mass is 329 g/mol. The average Bonchev–Trinajstić information content (AvgIpc) is 3.27. The number of piperidine rings is 1. The van der Waals surface area contributed by atoms with Crippen LogP contribution in [0.15, 0.2) is 23.8 Å². The molecule has 120 valence electrons. The van der Waals surface area contributed by atoms with Gasteiger partial charge in [-0.3, -0.25) is 4.68 Å². The zero-order valence-corrected chi connectivity index (χ0v) is 14.1. The highest BCUT2D eigenvalue weighted by atomic mass is 32.1. The number of hydrogen-bond donors (Lipinski definition) is 0. The van der Waals surface area contributed by atoms with Crippen LogP contribution in [0.5, 0.6) is 0 Å². The molecule has 0 spiro atoms. The molecule has 0 saturated carbocycles. The second-order valence-electron chi connectivity index (χ2n) is 6.08. The first-order chi connectivity index (χ1) is 11.2. The molecule has 1 aliphatic heterocycles. The molecule has 8 heteroatoms. The highest BCUT2D eigenvalue weighted by Gasteiger charge is 2.19. The number of aryl methyl sites for hydroxylation is 1. The fraction of sp³-hybridized carbons (Fsp3) is 0.467. The number of aromatic nitrogens is 6. The second-order valence-corrected chi connectivity index (χ2v) is 6.92. The summed E-state index contributed by atoms with van der Waals surface area (Å²) >= 11 is 1.68. The summed E-state index contributed by atoms with van der Waals surface area (Å²) in [5, 5.41) is 15.8. The van der Waals surface area contributed by atoms with Crippen LogP contribution in [0.2, 0.25) is 0 Å². The molecule has 0 atom stereocenters. The summed E-state index contributed by atoms with van der Waals surface area (Å²) in [6.07, 6.45) is 6.24. The third-order valence-electron chi connectivity index (χ3n) is 4.24. The van der Waals surface area contributed by atoms with E-state index in [0.29, 0.717) is 0 Å². The highest BCUT2D eigenvalue weighted by molar-refractivity contribution is 7.14. The number of nitrogens with zero attached hydrogens (tertiary/aromatic N) is 7. The number of thiazole rings is 1. The quantitative estimate of drug-likeness (QED) is 0.738. The molecule has 0 radical (unpaired) electrons. The van der Waals surface area contributed by atoms with Crippen molar-refractivity contribution in [2.75, 3.05) is 18.0 Å². The highest BCUT2D eigenvalue weighted by Crippen LogP contribution is 2.29. The van der Waals surface area contributed by atoms with Crippen molar-refractivity contribution < 1.29 is 0 Å². The molecular formula is C15H19N7S. The Hall–Kier alpha value is -2.22. The SMILES string of the molecule is CC1CCN(c2nc(-c3cn(-c4ccn(C)n4)nn3)cs2)CC1. The summed E-state index contributed by atoms with van der Waals surface area (Å²) in [4.78, 5) is 7.12. The predicted molar refractivity (Wildman–Crippen MR) is 89.8 cm³/mol. The molecule has 0 bridgehead atoms. The van der Waals surface area contributed by atoms with Gasteiger partial charge in [0.25, 0.3) is 0 Å². The molecule has 0 aliphatic carbocycles. The maximum atomic E-state index is 4.74. The second kappa shape index (κ2) is 5.77. The molecule has 0 N–H and O–H groups in total. The Bertz CT molecular complexity index is 794. The Kier molecular flexibility index (Phi) is 3.60. The van der Waals surface area contributed by atoms with Gasteiger partial charge in [-0.05, 0) is 18.8 Å². The van der Waals surface area contributed by atoms with Gasteiger partial charge >= 0.3 is 0 Å². The molecule has 1 fully saturated rings. The average molecular weight is 329 g/mol. The van der Waals surface area contributed by atoms with E-state index in [-0.39, 0.29) is 0 Å². The van der Waals surface area contributed by atoms with Crippen LogP contribution < -0.4 is 4.90 Å². The van der Waals surface area contributed by atoms with Crippen molar-refractivity contribution in [1.82, 2.24) is 29.8 Å². The maximum Gasteiger partial charge on any atom is 0.185 e. The lowest BCUT2D eigenvalue weighted by atomic mass is 10.00. The first-order valence-corrected chi connectivity index (χ1v) is 8.70. The van der Waals surface area contributed by atoms with Gasteiger partial charge in [0.2, 0.25) is 0 Å². The molecule has 3 aromatic rings. The van der Waals surface area contributed by atoms with E-state index >= 15 is 0 Å². The van der Waals surface area contributed by atoms with Crippen LogP contribution in [0.25, 0.3) is 17.2 Å². The summed E-state index contributed by atoms with van der Waals surface area (Å²) < 4.78 is 3.42. The van der Waals surface area contributed by atoms with E-state index in [1.54, 1.807) is 20.7 Å². The minimum Gasteiger partial charge on any atom is -0.348 e. The fourth-order valence-corrected chi connectivity index (χ4v) is 3.62. The van der Waals surface area contributed by atoms with E-state index < -0.39 is 0 Å². The minimum atomic E-state index is 0.756. The van der Waals surface area contributed by atoms with Crippen molar-refractivity contribution in [1.29, 1.82) is 0 Å². The van der Waals surface area contributed by atoms with E-state index in [1.165, 1.54) is 12.8 Å². The summed E-state index contributed by atoms with van der Waals surface area (Å²) in [5.41, 5.74) is 1.66. The normalized spacial score (nSPS) is 16.2. The van der Waals surface area contributed by atoms with Gasteiger partial charge in [0.1, 0.15) is 11.4 Å². The molecule has 0 amide bonds. The Balaban J connectivity index is 1.54. The van der Waals surface area contributed by atoms with Crippen LogP contribution >= 0.6 is 11.3 Å². The first-order valence-electron chi connectivity index (χ1n) is 7.82. The predicted octanol–water partition coefficient (Wildman–Crippen LogP) is 2.36. The molecule has 7 nitrogen and oxygen atoms in total. The van der Waals surface area contributed by atoms with Gasteiger partial charge in [0.05, 0.1) is 6.20 Å². The van der Waals surface area contributed by atoms with Crippen LogP contribution in [-0.2, 0) is 7.05 Å². The molecule has 1 saturated heterocycles. The molecule has 4 heterocycles. The van der Waals surface area contributed by atoms with Gasteiger partial charge < -0.3 is 4.90 Å². The van der Waals surface area contributed by atoms with Crippen molar-refractivity contribution in [2.45, 2.75) is 19.8 Å². The number of rotatable bonds is 3. The molecule has 0 unspecified atom stereocenters. The van der Waals surface area contributed by atoms with Crippen molar-refractivity contribution in [2.24, 2.45) is 13.0 Å². The first kappa shape index (κ1) is 14.4. The zero-order valence-electron chi connectivity index (χ0n) is 13.3. The van der Waals surface area contributed by atoms with E-state index in [4.69, 9.17) is 4.98 Å². The lowest BCUT2D eigenvalue weighted by Crippen LogP contribution is -2.32. The van der Waals surface area contributed by atoms with Crippen LogP contribution in [0.3, 0.4) is 0 Å². The van der Waals surface area contributed by atoms with E-state index in [1.807, 2.05) is 25.5 Å². The summed E-state index contributed by atoms with van der Waals surface area (Å²) in [7, 11) is 1.88. The van der Waals surface area contributed by atoms with Crippen molar-refractivity contribution >= 4 is 16.5 Å². The smallest absolute Gasteiger partial charge is 0.185 e. The lowest BCUT2D eigenvalue weighted by molar-refractivity contribution is 0.438. The Labute approximate surface area is 138 Å². The molecule has 23 heavy (non-hydrogen) atoms. The minimum absolute atomic E-state index is 0.756. The van der Waals surface area contributed by atoms with Gasteiger partial charge in [-0.1, -0.05) is 12.1 Å². The largest absolute Gasteiger partial charge is 0.348 e. The van der Waals surface area contributed by atoms with E-state index in [2.05, 4.69) is 32.6 Å². The van der Waals surface area contributed by atoms with Gasteiger partial charge in [-0.2, -0.15) is 9.78 Å². The van der Waals surface area contributed by atoms with Crippen LogP contribution in [0.4, 0.5) is 5.13 Å². The third kappa shape index (κ3) is 2.86.